The summed E-state index contributed by atoms with van der Waals surface area (Å²) < 4.78 is 0. The Bertz CT molecular complexity index is 448. The first-order chi connectivity index (χ1) is 11.0. The first-order valence-corrected chi connectivity index (χ1v) is 8.84. The van der Waals surface area contributed by atoms with Gasteiger partial charge in [-0.1, -0.05) is 30.3 Å². The Morgan fingerprint density at radius 2 is 1.79 bits per heavy atom. The second-order valence-electron chi connectivity index (χ2n) is 6.32. The molecule has 0 spiro atoms. The number of guanidine groups is 1. The number of halogens is 1. The van der Waals surface area contributed by atoms with Gasteiger partial charge in [-0.05, 0) is 59.7 Å². The van der Waals surface area contributed by atoms with Crippen LogP contribution < -0.4 is 10.6 Å². The molecule has 0 radical (unpaired) electrons. The zero-order valence-corrected chi connectivity index (χ0v) is 18.2. The van der Waals surface area contributed by atoms with Gasteiger partial charge < -0.3 is 15.5 Å². The van der Waals surface area contributed by atoms with Gasteiger partial charge >= 0.3 is 0 Å². The lowest BCUT2D eigenvalue weighted by Crippen LogP contribution is -2.38. The van der Waals surface area contributed by atoms with Crippen molar-refractivity contribution >= 4 is 29.9 Å². The molecule has 1 aromatic rings. The number of aliphatic imine (C=N–C) groups is 1. The summed E-state index contributed by atoms with van der Waals surface area (Å²) in [5.41, 5.74) is 1.27. The van der Waals surface area contributed by atoms with Crippen LogP contribution in [-0.4, -0.2) is 43.6 Å². The third kappa shape index (κ3) is 9.47. The maximum Gasteiger partial charge on any atom is 0.191 e. The Balaban J connectivity index is 0.00000529. The second kappa shape index (κ2) is 13.5. The number of benzene rings is 1. The summed E-state index contributed by atoms with van der Waals surface area (Å²) in [6.07, 6.45) is 2.30. The van der Waals surface area contributed by atoms with Crippen molar-refractivity contribution in [3.8, 4) is 0 Å². The van der Waals surface area contributed by atoms with Crippen LogP contribution in [0.2, 0.25) is 0 Å². The van der Waals surface area contributed by atoms with E-state index in [2.05, 4.69) is 74.5 Å². The fourth-order valence-electron chi connectivity index (χ4n) is 2.27. The standard InChI is InChI=1S/C19H34N4.HI/c1-6-20-19(21-14-10-11-15-23(5)16(2)3)22-17(4)18-12-8-7-9-13-18;/h7-9,12-13,16-17H,6,10-11,14-15H2,1-5H3,(H2,20,21,22);1H. The average Bonchev–Trinajstić information content (AvgIpc) is 2.55. The van der Waals surface area contributed by atoms with E-state index in [1.165, 1.54) is 12.0 Å². The van der Waals surface area contributed by atoms with Crippen molar-refractivity contribution in [3.05, 3.63) is 35.9 Å². The van der Waals surface area contributed by atoms with E-state index in [0.29, 0.717) is 6.04 Å². The van der Waals surface area contributed by atoms with Gasteiger partial charge in [0, 0.05) is 19.1 Å². The van der Waals surface area contributed by atoms with Gasteiger partial charge in [-0.25, -0.2) is 0 Å². The van der Waals surface area contributed by atoms with Crippen molar-refractivity contribution in [2.24, 2.45) is 4.99 Å². The molecular formula is C19H35IN4. The highest BCUT2D eigenvalue weighted by molar-refractivity contribution is 14.0. The van der Waals surface area contributed by atoms with Gasteiger partial charge in [0.1, 0.15) is 0 Å². The Hall–Kier alpha value is -0.820. The minimum atomic E-state index is 0. The summed E-state index contributed by atoms with van der Waals surface area (Å²) in [7, 11) is 2.18. The number of hydrogen-bond donors (Lipinski definition) is 2. The summed E-state index contributed by atoms with van der Waals surface area (Å²) in [6.45, 7) is 11.6. The van der Waals surface area contributed by atoms with Crippen LogP contribution in [-0.2, 0) is 0 Å². The van der Waals surface area contributed by atoms with Gasteiger partial charge in [0.15, 0.2) is 5.96 Å². The summed E-state index contributed by atoms with van der Waals surface area (Å²) in [5, 5.41) is 6.81. The molecule has 0 aliphatic rings. The minimum absolute atomic E-state index is 0. The number of unbranched alkanes of at least 4 members (excludes halogenated alkanes) is 1. The normalized spacial score (nSPS) is 12.9. The molecule has 0 heterocycles. The second-order valence-corrected chi connectivity index (χ2v) is 6.32. The predicted octanol–water partition coefficient (Wildman–Crippen LogP) is 4.04. The lowest BCUT2D eigenvalue weighted by atomic mass is 10.1. The van der Waals surface area contributed by atoms with Gasteiger partial charge in [-0.15, -0.1) is 24.0 Å². The van der Waals surface area contributed by atoms with Crippen molar-refractivity contribution in [1.29, 1.82) is 0 Å². The quantitative estimate of drug-likeness (QED) is 0.260. The van der Waals surface area contributed by atoms with E-state index in [9.17, 15) is 0 Å². The number of nitrogens with one attached hydrogen (secondary N) is 2. The molecule has 0 aromatic heterocycles. The molecule has 0 bridgehead atoms. The van der Waals surface area contributed by atoms with E-state index in [1.807, 2.05) is 6.07 Å². The predicted molar refractivity (Wildman–Crippen MR) is 116 cm³/mol. The fourth-order valence-corrected chi connectivity index (χ4v) is 2.27. The average molecular weight is 446 g/mol. The van der Waals surface area contributed by atoms with E-state index in [0.717, 1.165) is 32.0 Å². The molecule has 5 heteroatoms. The highest BCUT2D eigenvalue weighted by Crippen LogP contribution is 2.10. The Kier molecular flexibility index (Phi) is 13.0. The summed E-state index contributed by atoms with van der Waals surface area (Å²) >= 11 is 0. The van der Waals surface area contributed by atoms with Crippen molar-refractivity contribution in [3.63, 3.8) is 0 Å². The molecule has 0 fully saturated rings. The molecule has 138 valence electrons. The van der Waals surface area contributed by atoms with Crippen LogP contribution >= 0.6 is 24.0 Å². The van der Waals surface area contributed by atoms with E-state index in [4.69, 9.17) is 4.99 Å². The monoisotopic (exact) mass is 446 g/mol. The lowest BCUT2D eigenvalue weighted by Gasteiger charge is -2.20. The van der Waals surface area contributed by atoms with E-state index in [1.54, 1.807) is 0 Å². The molecule has 0 saturated heterocycles. The van der Waals surface area contributed by atoms with E-state index >= 15 is 0 Å². The molecule has 0 aliphatic carbocycles. The zero-order valence-electron chi connectivity index (χ0n) is 15.9. The smallest absolute Gasteiger partial charge is 0.191 e. The van der Waals surface area contributed by atoms with Crippen LogP contribution in [0.1, 0.15) is 52.1 Å². The number of nitrogens with zero attached hydrogens (tertiary/aromatic N) is 2. The molecule has 0 saturated carbocycles. The zero-order chi connectivity index (χ0) is 17.1. The largest absolute Gasteiger partial charge is 0.357 e. The first kappa shape index (κ1) is 23.2. The third-order valence-electron chi connectivity index (χ3n) is 4.07. The molecule has 24 heavy (non-hydrogen) atoms. The van der Waals surface area contributed by atoms with Crippen molar-refractivity contribution < 1.29 is 0 Å². The highest BCUT2D eigenvalue weighted by atomic mass is 127. The highest BCUT2D eigenvalue weighted by Gasteiger charge is 2.07. The molecule has 2 N–H and O–H groups in total. The van der Waals surface area contributed by atoms with Gasteiger partial charge in [0.05, 0.1) is 6.04 Å². The molecule has 0 amide bonds. The molecule has 1 rings (SSSR count). The Labute approximate surface area is 165 Å². The van der Waals surface area contributed by atoms with Crippen molar-refractivity contribution in [2.45, 2.75) is 52.6 Å². The van der Waals surface area contributed by atoms with Crippen LogP contribution in [0.4, 0.5) is 0 Å². The summed E-state index contributed by atoms with van der Waals surface area (Å²) in [6, 6.07) is 11.3. The summed E-state index contributed by atoms with van der Waals surface area (Å²) in [4.78, 5) is 7.08. The fraction of sp³-hybridized carbons (Fsp3) is 0.632. The van der Waals surface area contributed by atoms with E-state index in [-0.39, 0.29) is 30.0 Å². The lowest BCUT2D eigenvalue weighted by molar-refractivity contribution is 0.269. The van der Waals surface area contributed by atoms with Crippen LogP contribution in [0.15, 0.2) is 35.3 Å². The van der Waals surface area contributed by atoms with Crippen LogP contribution in [0.5, 0.6) is 0 Å². The minimum Gasteiger partial charge on any atom is -0.357 e. The molecule has 1 atom stereocenters. The summed E-state index contributed by atoms with van der Waals surface area (Å²) in [5.74, 6) is 0.904. The molecular weight excluding hydrogens is 411 g/mol. The van der Waals surface area contributed by atoms with Gasteiger partial charge in [-0.3, -0.25) is 4.99 Å². The maximum atomic E-state index is 4.70. The van der Waals surface area contributed by atoms with Crippen molar-refractivity contribution in [1.82, 2.24) is 15.5 Å². The van der Waals surface area contributed by atoms with Crippen LogP contribution in [0, 0.1) is 0 Å². The molecule has 0 aliphatic heterocycles. The SMILES string of the molecule is CCNC(=NCCCCN(C)C(C)C)NC(C)c1ccccc1.I. The van der Waals surface area contributed by atoms with Crippen LogP contribution in [0.3, 0.4) is 0 Å². The van der Waals surface area contributed by atoms with Gasteiger partial charge in [-0.2, -0.15) is 0 Å². The third-order valence-corrected chi connectivity index (χ3v) is 4.07. The number of rotatable bonds is 9. The Morgan fingerprint density at radius 1 is 1.12 bits per heavy atom. The Morgan fingerprint density at radius 3 is 2.38 bits per heavy atom. The first-order valence-electron chi connectivity index (χ1n) is 8.84. The van der Waals surface area contributed by atoms with E-state index < -0.39 is 0 Å². The van der Waals surface area contributed by atoms with Crippen LogP contribution in [0.25, 0.3) is 0 Å². The molecule has 4 nitrogen and oxygen atoms in total. The number of hydrogen-bond acceptors (Lipinski definition) is 2. The molecule has 1 unspecified atom stereocenters. The topological polar surface area (TPSA) is 39.7 Å². The molecule has 1 aromatic carbocycles. The van der Waals surface area contributed by atoms with Crippen molar-refractivity contribution in [2.75, 3.05) is 26.7 Å². The van der Waals surface area contributed by atoms with Gasteiger partial charge in [0.2, 0.25) is 0 Å². The van der Waals surface area contributed by atoms with Gasteiger partial charge in [0.25, 0.3) is 0 Å². The maximum absolute atomic E-state index is 4.70.